The molecule has 3 unspecified atom stereocenters. The third kappa shape index (κ3) is 7.20. The Hall–Kier alpha value is -1.42. The lowest BCUT2D eigenvalue weighted by Gasteiger charge is -2.28. The molecule has 2 saturated heterocycles. The van der Waals surface area contributed by atoms with Gasteiger partial charge in [0.25, 0.3) is 0 Å². The van der Waals surface area contributed by atoms with Crippen LogP contribution in [-0.2, 0) is 23.7 Å². The zero-order valence-electron chi connectivity index (χ0n) is 16.6. The maximum absolute atomic E-state index is 6.20. The molecule has 0 radical (unpaired) electrons. The van der Waals surface area contributed by atoms with E-state index in [1.165, 1.54) is 6.42 Å². The normalized spacial score (nSPS) is 23.8. The van der Waals surface area contributed by atoms with Gasteiger partial charge in [-0.05, 0) is 62.6 Å². The zero-order valence-corrected chi connectivity index (χ0v) is 16.6. The van der Waals surface area contributed by atoms with Gasteiger partial charge in [-0.3, -0.25) is 0 Å². The minimum Gasteiger partial charge on any atom is -0.378 e. The van der Waals surface area contributed by atoms with Crippen molar-refractivity contribution < 1.29 is 23.7 Å². The highest BCUT2D eigenvalue weighted by Gasteiger charge is 2.21. The molecule has 154 valence electrons. The summed E-state index contributed by atoms with van der Waals surface area (Å²) in [5, 5.41) is 0. The number of hydrogen-bond acceptors (Lipinski definition) is 5. The predicted molar refractivity (Wildman–Crippen MR) is 107 cm³/mol. The van der Waals surface area contributed by atoms with E-state index in [0.717, 1.165) is 62.9 Å². The molecule has 0 amide bonds. The molecule has 2 aliphatic heterocycles. The van der Waals surface area contributed by atoms with Gasteiger partial charge in [-0.1, -0.05) is 18.1 Å². The van der Waals surface area contributed by atoms with E-state index in [1.807, 2.05) is 24.3 Å². The van der Waals surface area contributed by atoms with Gasteiger partial charge in [0, 0.05) is 25.4 Å². The Morgan fingerprint density at radius 2 is 1.68 bits per heavy atom. The van der Waals surface area contributed by atoms with E-state index in [9.17, 15) is 0 Å². The molecule has 5 nitrogen and oxygen atoms in total. The van der Waals surface area contributed by atoms with Crippen LogP contribution in [0.3, 0.4) is 0 Å². The van der Waals surface area contributed by atoms with Crippen molar-refractivity contribution in [1.29, 1.82) is 0 Å². The monoisotopic (exact) mass is 388 g/mol. The van der Waals surface area contributed by atoms with Gasteiger partial charge < -0.3 is 23.7 Å². The molecule has 1 aromatic rings. The quantitative estimate of drug-likeness (QED) is 0.444. The van der Waals surface area contributed by atoms with E-state index in [0.29, 0.717) is 19.8 Å². The van der Waals surface area contributed by atoms with Crippen LogP contribution in [0.4, 0.5) is 0 Å². The Labute approximate surface area is 168 Å². The summed E-state index contributed by atoms with van der Waals surface area (Å²) in [5.74, 6) is 2.65. The molecular weight excluding hydrogens is 356 g/mol. The van der Waals surface area contributed by atoms with Crippen molar-refractivity contribution in [3.63, 3.8) is 0 Å². The van der Waals surface area contributed by atoms with Crippen molar-refractivity contribution >= 4 is 0 Å². The maximum Gasteiger partial charge on any atom is 0.158 e. The molecule has 3 rings (SSSR count). The molecular formula is C23H32O5. The Morgan fingerprint density at radius 3 is 2.32 bits per heavy atom. The van der Waals surface area contributed by atoms with Gasteiger partial charge in [0.05, 0.1) is 13.2 Å². The lowest BCUT2D eigenvalue weighted by atomic mass is 10.1. The largest absolute Gasteiger partial charge is 0.378 e. The minimum absolute atomic E-state index is 0.0389. The number of ether oxygens (including phenoxy) is 5. The summed E-state index contributed by atoms with van der Waals surface area (Å²) < 4.78 is 29.2. The fourth-order valence-electron chi connectivity index (χ4n) is 3.42. The summed E-state index contributed by atoms with van der Waals surface area (Å²) in [7, 11) is 0. The van der Waals surface area contributed by atoms with Crippen LogP contribution in [0.5, 0.6) is 0 Å². The number of hydrogen-bond donors (Lipinski definition) is 0. The maximum atomic E-state index is 6.20. The van der Waals surface area contributed by atoms with Gasteiger partial charge in [0.15, 0.2) is 12.6 Å². The molecule has 28 heavy (non-hydrogen) atoms. The number of terminal acetylenes is 1. The molecule has 2 heterocycles. The van der Waals surface area contributed by atoms with Crippen LogP contribution in [0.1, 0.15) is 62.2 Å². The molecule has 0 N–H and O–H groups in total. The first kappa shape index (κ1) is 21.3. The first-order valence-electron chi connectivity index (χ1n) is 10.5. The van der Waals surface area contributed by atoms with Crippen molar-refractivity contribution in [3.8, 4) is 12.3 Å². The minimum atomic E-state index is -0.169. The fourth-order valence-corrected chi connectivity index (χ4v) is 3.42. The van der Waals surface area contributed by atoms with Crippen LogP contribution in [0.15, 0.2) is 24.3 Å². The van der Waals surface area contributed by atoms with E-state index < -0.39 is 0 Å². The molecule has 1 aromatic carbocycles. The molecule has 0 bridgehead atoms. The highest BCUT2D eigenvalue weighted by molar-refractivity contribution is 5.34. The van der Waals surface area contributed by atoms with Crippen LogP contribution in [0.25, 0.3) is 0 Å². The summed E-state index contributed by atoms with van der Waals surface area (Å²) in [6, 6.07) is 7.89. The van der Waals surface area contributed by atoms with Crippen molar-refractivity contribution in [2.45, 2.75) is 63.6 Å². The highest BCUT2D eigenvalue weighted by atomic mass is 16.7. The number of rotatable bonds is 10. The first-order chi connectivity index (χ1) is 13.8. The van der Waals surface area contributed by atoms with Gasteiger partial charge in [0.1, 0.15) is 6.10 Å². The van der Waals surface area contributed by atoms with Gasteiger partial charge >= 0.3 is 0 Å². The molecule has 3 atom stereocenters. The van der Waals surface area contributed by atoms with Crippen molar-refractivity contribution in [1.82, 2.24) is 0 Å². The Kier molecular flexibility index (Phi) is 9.28. The Balaban J connectivity index is 1.42. The third-order valence-electron chi connectivity index (χ3n) is 5.05. The summed E-state index contributed by atoms with van der Waals surface area (Å²) in [5.41, 5.74) is 1.92. The summed E-state index contributed by atoms with van der Waals surface area (Å²) in [4.78, 5) is 0. The van der Waals surface area contributed by atoms with E-state index in [4.69, 9.17) is 30.1 Å². The van der Waals surface area contributed by atoms with Gasteiger partial charge in [0.2, 0.25) is 0 Å². The zero-order chi connectivity index (χ0) is 19.4. The van der Waals surface area contributed by atoms with Crippen LogP contribution >= 0.6 is 0 Å². The summed E-state index contributed by atoms with van der Waals surface area (Å²) in [6.07, 6.45) is 12.4. The predicted octanol–water partition coefficient (Wildman–Crippen LogP) is 4.20. The van der Waals surface area contributed by atoms with Crippen molar-refractivity contribution in [2.75, 3.05) is 33.0 Å². The SMILES string of the molecule is C#Cc1ccc(C(COCCCOC2CCCCO2)OC2CCCCO2)cc1. The molecule has 0 spiro atoms. The lowest BCUT2D eigenvalue weighted by molar-refractivity contribution is -0.200. The van der Waals surface area contributed by atoms with Crippen molar-refractivity contribution in [2.24, 2.45) is 0 Å². The van der Waals surface area contributed by atoms with Gasteiger partial charge in [-0.25, -0.2) is 0 Å². The number of benzene rings is 1. The van der Waals surface area contributed by atoms with Crippen LogP contribution in [-0.4, -0.2) is 45.6 Å². The molecule has 0 aliphatic carbocycles. The summed E-state index contributed by atoms with van der Waals surface area (Å²) in [6.45, 7) is 3.32. The second kappa shape index (κ2) is 12.2. The fraction of sp³-hybridized carbons (Fsp3) is 0.652. The Bertz CT molecular complexity index is 582. The lowest BCUT2D eigenvalue weighted by Crippen LogP contribution is -2.26. The first-order valence-corrected chi connectivity index (χ1v) is 10.5. The van der Waals surface area contributed by atoms with Crippen molar-refractivity contribution in [3.05, 3.63) is 35.4 Å². The topological polar surface area (TPSA) is 46.2 Å². The smallest absolute Gasteiger partial charge is 0.158 e. The van der Waals surface area contributed by atoms with Gasteiger partial charge in [-0.15, -0.1) is 6.42 Å². The third-order valence-corrected chi connectivity index (χ3v) is 5.05. The van der Waals surface area contributed by atoms with E-state index >= 15 is 0 Å². The van der Waals surface area contributed by atoms with Crippen LogP contribution in [0.2, 0.25) is 0 Å². The average Bonchev–Trinajstić information content (AvgIpc) is 2.77. The molecule has 0 saturated carbocycles. The molecule has 2 fully saturated rings. The van der Waals surface area contributed by atoms with E-state index in [1.54, 1.807) is 0 Å². The van der Waals surface area contributed by atoms with E-state index in [-0.39, 0.29) is 18.7 Å². The highest BCUT2D eigenvalue weighted by Crippen LogP contribution is 2.25. The second-order valence-electron chi connectivity index (χ2n) is 7.28. The standard InChI is InChI=1S/C23H32O5/c1-2-19-10-12-20(13-11-19)21(28-23-9-4-6-16-27-23)18-24-14-7-17-26-22-8-3-5-15-25-22/h1,10-13,21-23H,3-9,14-18H2. The Morgan fingerprint density at radius 1 is 0.964 bits per heavy atom. The molecule has 2 aliphatic rings. The van der Waals surface area contributed by atoms with Crippen LogP contribution in [0, 0.1) is 12.3 Å². The second-order valence-corrected chi connectivity index (χ2v) is 7.28. The van der Waals surface area contributed by atoms with E-state index in [2.05, 4.69) is 5.92 Å². The van der Waals surface area contributed by atoms with Gasteiger partial charge in [-0.2, -0.15) is 0 Å². The molecule has 5 heteroatoms. The molecule has 0 aromatic heterocycles. The average molecular weight is 389 g/mol. The van der Waals surface area contributed by atoms with Crippen LogP contribution < -0.4 is 0 Å². The summed E-state index contributed by atoms with van der Waals surface area (Å²) >= 11 is 0.